The Kier molecular flexibility index (Phi) is 7.72. The lowest BCUT2D eigenvalue weighted by Gasteiger charge is -2.31. The maximum atomic E-state index is 12.4. The number of carbonyl (C=O) groups is 1. The largest absolute Gasteiger partial charge is 0.467 e. The lowest BCUT2D eigenvalue weighted by molar-refractivity contribution is -0.118. The number of hydrogen-bond acceptors (Lipinski definition) is 6. The molecule has 2 aromatic rings. The molecule has 1 N–H and O–H groups in total. The van der Waals surface area contributed by atoms with Crippen LogP contribution in [-0.2, 0) is 11.3 Å². The summed E-state index contributed by atoms with van der Waals surface area (Å²) in [5.74, 6) is 2.75. The molecule has 8 heteroatoms. The van der Waals surface area contributed by atoms with Crippen molar-refractivity contribution in [1.29, 1.82) is 0 Å². The van der Waals surface area contributed by atoms with E-state index in [-0.39, 0.29) is 5.91 Å². The summed E-state index contributed by atoms with van der Waals surface area (Å²) in [4.78, 5) is 14.7. The summed E-state index contributed by atoms with van der Waals surface area (Å²) in [5.41, 5.74) is 1.48. The highest BCUT2D eigenvalue weighted by atomic mass is 32.2. The summed E-state index contributed by atoms with van der Waals surface area (Å²) in [6.07, 6.45) is 12.3. The molecule has 1 saturated heterocycles. The Hall–Kier alpha value is -2.22. The molecule has 2 aromatic heterocycles. The second kappa shape index (κ2) is 10.9. The molecule has 0 radical (unpaired) electrons. The number of carbonyl (C=O) groups excluding carboxylic acids is 1. The van der Waals surface area contributed by atoms with E-state index in [1.165, 1.54) is 49.4 Å². The van der Waals surface area contributed by atoms with Crippen molar-refractivity contribution in [3.8, 4) is 0 Å². The minimum absolute atomic E-state index is 0.0436. The van der Waals surface area contributed by atoms with E-state index >= 15 is 0 Å². The van der Waals surface area contributed by atoms with Crippen LogP contribution in [0.4, 0.5) is 5.95 Å². The molecule has 1 aliphatic heterocycles. The highest BCUT2D eigenvalue weighted by molar-refractivity contribution is 7.99. The molecule has 3 heterocycles. The highest BCUT2D eigenvalue weighted by Crippen LogP contribution is 2.27. The second-order valence-corrected chi connectivity index (χ2v) is 9.58. The van der Waals surface area contributed by atoms with Crippen molar-refractivity contribution in [3.63, 3.8) is 0 Å². The number of piperidine rings is 1. The molecule has 2 aliphatic rings. The Labute approximate surface area is 188 Å². The number of anilines is 1. The molecule has 0 aromatic carbocycles. The van der Waals surface area contributed by atoms with Crippen LogP contribution < -0.4 is 10.2 Å². The van der Waals surface area contributed by atoms with Gasteiger partial charge < -0.3 is 14.6 Å². The van der Waals surface area contributed by atoms with Crippen LogP contribution in [0.25, 0.3) is 0 Å². The lowest BCUT2D eigenvalue weighted by atomic mass is 9.97. The number of amides is 1. The van der Waals surface area contributed by atoms with Gasteiger partial charge in [0.05, 0.1) is 18.6 Å². The van der Waals surface area contributed by atoms with E-state index in [9.17, 15) is 4.79 Å². The summed E-state index contributed by atoms with van der Waals surface area (Å²) < 4.78 is 7.66. The average Bonchev–Trinajstić information content (AvgIpc) is 3.43. The first-order valence-electron chi connectivity index (χ1n) is 11.5. The third-order valence-electron chi connectivity index (χ3n) is 6.02. The summed E-state index contributed by atoms with van der Waals surface area (Å²) >= 11 is 1.44. The zero-order valence-electron chi connectivity index (χ0n) is 18.4. The molecule has 4 rings (SSSR count). The third-order valence-corrected chi connectivity index (χ3v) is 6.98. The van der Waals surface area contributed by atoms with E-state index in [1.54, 1.807) is 6.26 Å². The van der Waals surface area contributed by atoms with Gasteiger partial charge in [-0.1, -0.05) is 30.3 Å². The van der Waals surface area contributed by atoms with Gasteiger partial charge >= 0.3 is 0 Å². The maximum absolute atomic E-state index is 12.4. The number of nitrogens with zero attached hydrogens (tertiary/aromatic N) is 4. The SMILES string of the molecule is CC1CCCN(c2nnc(SCC(=O)NCCC3=CCCCC3)n2Cc2ccco2)C1. The van der Waals surface area contributed by atoms with E-state index in [0.717, 1.165) is 42.8 Å². The standard InChI is InChI=1S/C23H33N5O2S/c1-18-7-5-13-27(15-18)22-25-26-23(28(22)16-20-10-6-14-30-20)31-17-21(29)24-12-11-19-8-3-2-4-9-19/h6,8,10,14,18H,2-5,7,9,11-13,15-17H2,1H3,(H,24,29). The van der Waals surface area contributed by atoms with Crippen molar-refractivity contribution in [1.82, 2.24) is 20.1 Å². The third kappa shape index (κ3) is 6.15. The number of rotatable bonds is 9. The molecule has 1 aliphatic carbocycles. The van der Waals surface area contributed by atoms with Crippen LogP contribution in [-0.4, -0.2) is 46.1 Å². The maximum Gasteiger partial charge on any atom is 0.230 e. The van der Waals surface area contributed by atoms with Crippen LogP contribution in [0.2, 0.25) is 0 Å². The molecule has 31 heavy (non-hydrogen) atoms. The number of aromatic nitrogens is 3. The highest BCUT2D eigenvalue weighted by Gasteiger charge is 2.24. The first-order valence-corrected chi connectivity index (χ1v) is 12.5. The lowest BCUT2D eigenvalue weighted by Crippen LogP contribution is -2.36. The number of allylic oxidation sites excluding steroid dienone is 1. The normalized spacial score (nSPS) is 19.3. The van der Waals surface area contributed by atoms with Gasteiger partial charge in [0.25, 0.3) is 0 Å². The van der Waals surface area contributed by atoms with Crippen molar-refractivity contribution < 1.29 is 9.21 Å². The summed E-state index contributed by atoms with van der Waals surface area (Å²) in [6.45, 7) is 5.53. The molecular weight excluding hydrogens is 410 g/mol. The van der Waals surface area contributed by atoms with Gasteiger partial charge in [0.15, 0.2) is 5.16 Å². The Morgan fingerprint density at radius 3 is 3.03 bits per heavy atom. The molecule has 1 amide bonds. The average molecular weight is 444 g/mol. The molecular formula is C23H33N5O2S. The Bertz CT molecular complexity index is 877. The Balaban J connectivity index is 1.36. The minimum Gasteiger partial charge on any atom is -0.467 e. The van der Waals surface area contributed by atoms with Crippen LogP contribution >= 0.6 is 11.8 Å². The number of thioether (sulfide) groups is 1. The smallest absolute Gasteiger partial charge is 0.230 e. The predicted octanol–water partition coefficient (Wildman–Crippen LogP) is 4.25. The van der Waals surface area contributed by atoms with Crippen LogP contribution in [0.3, 0.4) is 0 Å². The van der Waals surface area contributed by atoms with E-state index in [2.05, 4.69) is 38.0 Å². The topological polar surface area (TPSA) is 76.2 Å². The fraction of sp³-hybridized carbons (Fsp3) is 0.609. The van der Waals surface area contributed by atoms with E-state index in [0.29, 0.717) is 24.8 Å². The van der Waals surface area contributed by atoms with Crippen molar-refractivity contribution >= 4 is 23.6 Å². The van der Waals surface area contributed by atoms with E-state index < -0.39 is 0 Å². The Morgan fingerprint density at radius 1 is 1.32 bits per heavy atom. The van der Waals surface area contributed by atoms with Crippen LogP contribution in [0.1, 0.15) is 57.6 Å². The molecule has 0 saturated carbocycles. The fourth-order valence-electron chi connectivity index (χ4n) is 4.36. The molecule has 1 unspecified atom stereocenters. The van der Waals surface area contributed by atoms with E-state index in [4.69, 9.17) is 4.42 Å². The van der Waals surface area contributed by atoms with Gasteiger partial charge in [-0.3, -0.25) is 9.36 Å². The zero-order chi connectivity index (χ0) is 21.5. The van der Waals surface area contributed by atoms with Gasteiger partial charge in [-0.05, 0) is 63.0 Å². The van der Waals surface area contributed by atoms with Crippen LogP contribution in [0.15, 0.2) is 39.6 Å². The number of hydrogen-bond donors (Lipinski definition) is 1. The van der Waals surface area contributed by atoms with Crippen molar-refractivity contribution in [2.24, 2.45) is 5.92 Å². The fourth-order valence-corrected chi connectivity index (χ4v) is 5.13. The van der Waals surface area contributed by atoms with Crippen molar-refractivity contribution in [3.05, 3.63) is 35.8 Å². The Morgan fingerprint density at radius 2 is 2.26 bits per heavy atom. The molecule has 0 bridgehead atoms. The van der Waals surface area contributed by atoms with Crippen molar-refractivity contribution in [2.45, 2.75) is 63.6 Å². The van der Waals surface area contributed by atoms with Gasteiger partial charge in [0.2, 0.25) is 11.9 Å². The summed E-state index contributed by atoms with van der Waals surface area (Å²) in [5, 5.41) is 12.7. The first-order chi connectivity index (χ1) is 15.2. The first kappa shape index (κ1) is 22.0. The van der Waals surface area contributed by atoms with Gasteiger partial charge in [-0.25, -0.2) is 0 Å². The van der Waals surface area contributed by atoms with Gasteiger partial charge in [-0.2, -0.15) is 0 Å². The van der Waals surface area contributed by atoms with Crippen molar-refractivity contribution in [2.75, 3.05) is 30.3 Å². The van der Waals surface area contributed by atoms with Crippen LogP contribution in [0.5, 0.6) is 0 Å². The van der Waals surface area contributed by atoms with Gasteiger partial charge in [0.1, 0.15) is 5.76 Å². The number of nitrogens with one attached hydrogen (secondary N) is 1. The second-order valence-electron chi connectivity index (χ2n) is 8.64. The molecule has 7 nitrogen and oxygen atoms in total. The van der Waals surface area contributed by atoms with Crippen LogP contribution in [0, 0.1) is 5.92 Å². The summed E-state index contributed by atoms with van der Waals surface area (Å²) in [6, 6.07) is 3.86. The quantitative estimate of drug-likeness (QED) is 0.461. The van der Waals surface area contributed by atoms with E-state index in [1.807, 2.05) is 12.1 Å². The predicted molar refractivity (Wildman–Crippen MR) is 123 cm³/mol. The molecule has 0 spiro atoms. The molecule has 1 atom stereocenters. The molecule has 1 fully saturated rings. The van der Waals surface area contributed by atoms with Gasteiger partial charge in [0, 0.05) is 19.6 Å². The molecule has 168 valence electrons. The number of furan rings is 1. The zero-order valence-corrected chi connectivity index (χ0v) is 19.2. The van der Waals surface area contributed by atoms with Gasteiger partial charge in [-0.15, -0.1) is 10.2 Å². The minimum atomic E-state index is 0.0436. The monoisotopic (exact) mass is 443 g/mol. The summed E-state index contributed by atoms with van der Waals surface area (Å²) in [7, 11) is 0.